The fourth-order valence-corrected chi connectivity index (χ4v) is 7.06. The van der Waals surface area contributed by atoms with E-state index in [1.807, 2.05) is 0 Å². The molecule has 0 radical (unpaired) electrons. The van der Waals surface area contributed by atoms with E-state index in [1.165, 1.54) is 43.2 Å². The third-order valence-electron chi connectivity index (χ3n) is 9.08. The zero-order valence-electron chi connectivity index (χ0n) is 20.6. The zero-order valence-corrected chi connectivity index (χ0v) is 20.6. The van der Waals surface area contributed by atoms with Crippen LogP contribution in [0, 0.1) is 23.7 Å². The summed E-state index contributed by atoms with van der Waals surface area (Å²) in [6.45, 7) is 7.98. The van der Waals surface area contributed by atoms with E-state index in [0.717, 1.165) is 36.5 Å². The first-order chi connectivity index (χ1) is 16.6. The number of hydrogen-bond acceptors (Lipinski definition) is 4. The fourth-order valence-electron chi connectivity index (χ4n) is 7.06. The van der Waals surface area contributed by atoms with Crippen LogP contribution in [-0.2, 0) is 14.9 Å². The van der Waals surface area contributed by atoms with Crippen LogP contribution >= 0.6 is 0 Å². The molecule has 6 unspecified atom stereocenters. The molecule has 34 heavy (non-hydrogen) atoms. The Morgan fingerprint density at radius 2 is 1.21 bits per heavy atom. The Bertz CT molecular complexity index is 901. The van der Waals surface area contributed by atoms with Gasteiger partial charge >= 0.3 is 0 Å². The van der Waals surface area contributed by atoms with Gasteiger partial charge in [-0.05, 0) is 78.3 Å². The van der Waals surface area contributed by atoms with Gasteiger partial charge in [-0.1, -0.05) is 51.0 Å². The third kappa shape index (κ3) is 4.35. The van der Waals surface area contributed by atoms with Gasteiger partial charge in [0.15, 0.2) is 0 Å². The van der Waals surface area contributed by atoms with E-state index in [9.17, 15) is 0 Å². The Kier molecular flexibility index (Phi) is 6.07. The highest BCUT2D eigenvalue weighted by Crippen LogP contribution is 2.58. The molecule has 4 nitrogen and oxygen atoms in total. The van der Waals surface area contributed by atoms with Crippen molar-refractivity contribution in [3.05, 3.63) is 59.7 Å². The lowest BCUT2D eigenvalue weighted by atomic mass is 9.49. The van der Waals surface area contributed by atoms with Gasteiger partial charge in [-0.15, -0.1) is 0 Å². The van der Waals surface area contributed by atoms with Crippen LogP contribution in [0.3, 0.4) is 0 Å². The molecule has 2 heterocycles. The van der Waals surface area contributed by atoms with Gasteiger partial charge < -0.3 is 18.9 Å². The van der Waals surface area contributed by atoms with Crippen LogP contribution in [0.25, 0.3) is 0 Å². The average molecular weight is 463 g/mol. The van der Waals surface area contributed by atoms with Gasteiger partial charge in [0.05, 0.1) is 13.2 Å². The Morgan fingerprint density at radius 1 is 0.735 bits per heavy atom. The highest BCUT2D eigenvalue weighted by atomic mass is 16.6. The van der Waals surface area contributed by atoms with Gasteiger partial charge in [0, 0.05) is 5.41 Å². The summed E-state index contributed by atoms with van der Waals surface area (Å²) in [5.74, 6) is 4.82. The summed E-state index contributed by atoms with van der Waals surface area (Å²) in [6.07, 6.45) is 7.29. The molecule has 2 aliphatic heterocycles. The van der Waals surface area contributed by atoms with Crippen molar-refractivity contribution in [1.82, 2.24) is 0 Å². The monoisotopic (exact) mass is 462 g/mol. The smallest absolute Gasteiger partial charge is 0.119 e. The average Bonchev–Trinajstić information content (AvgIpc) is 3.80. The summed E-state index contributed by atoms with van der Waals surface area (Å²) < 4.78 is 22.5. The molecule has 2 aromatic carbocycles. The molecule has 182 valence electrons. The van der Waals surface area contributed by atoms with E-state index < -0.39 is 0 Å². The topological polar surface area (TPSA) is 43.5 Å². The SMILES string of the molecule is CC1CC(c2ccc(OCC3CO3)cc2)(c2ccc(OCC3CO3)cc2)C(C)C2CCCCC12. The molecule has 0 N–H and O–H groups in total. The molecule has 2 saturated heterocycles. The van der Waals surface area contributed by atoms with Crippen molar-refractivity contribution < 1.29 is 18.9 Å². The molecule has 4 aliphatic rings. The summed E-state index contributed by atoms with van der Waals surface area (Å²) in [5.41, 5.74) is 2.85. The molecule has 4 fully saturated rings. The van der Waals surface area contributed by atoms with Crippen LogP contribution in [0.15, 0.2) is 48.5 Å². The molecule has 2 saturated carbocycles. The lowest BCUT2D eigenvalue weighted by Gasteiger charge is -2.55. The van der Waals surface area contributed by atoms with E-state index in [4.69, 9.17) is 18.9 Å². The quantitative estimate of drug-likeness (QED) is 0.451. The second-order valence-electron chi connectivity index (χ2n) is 11.1. The van der Waals surface area contributed by atoms with Crippen LogP contribution < -0.4 is 9.47 Å². The summed E-state index contributed by atoms with van der Waals surface area (Å²) in [5, 5.41) is 0. The summed E-state index contributed by atoms with van der Waals surface area (Å²) >= 11 is 0. The first kappa shape index (κ1) is 22.4. The van der Waals surface area contributed by atoms with Crippen molar-refractivity contribution in [1.29, 1.82) is 0 Å². The largest absolute Gasteiger partial charge is 0.491 e. The van der Waals surface area contributed by atoms with Crippen molar-refractivity contribution in [2.75, 3.05) is 26.4 Å². The number of ether oxygens (including phenoxy) is 4. The number of benzene rings is 2. The molecule has 0 spiro atoms. The van der Waals surface area contributed by atoms with Gasteiger partial charge in [0.25, 0.3) is 0 Å². The number of epoxide rings is 2. The molecule has 6 atom stereocenters. The first-order valence-corrected chi connectivity index (χ1v) is 13.3. The number of hydrogen-bond donors (Lipinski definition) is 0. The molecule has 2 aliphatic carbocycles. The van der Waals surface area contributed by atoms with Crippen LogP contribution in [0.4, 0.5) is 0 Å². The standard InChI is InChI=1S/C30H38O4/c1-20-15-30(21(2)29-6-4-3-5-28(20)29,22-7-11-24(12-8-22)31-16-26-18-33-26)23-9-13-25(14-10-23)32-17-27-19-34-27/h7-14,20-21,26-29H,3-6,15-19H2,1-2H3. The van der Waals surface area contributed by atoms with Crippen LogP contribution in [0.1, 0.15) is 57.1 Å². The third-order valence-corrected chi connectivity index (χ3v) is 9.08. The second-order valence-corrected chi connectivity index (χ2v) is 11.1. The Labute approximate surface area is 203 Å². The fraction of sp³-hybridized carbons (Fsp3) is 0.600. The van der Waals surface area contributed by atoms with Crippen molar-refractivity contribution in [3.63, 3.8) is 0 Å². The summed E-state index contributed by atoms with van der Waals surface area (Å²) in [4.78, 5) is 0. The van der Waals surface area contributed by atoms with E-state index in [1.54, 1.807) is 0 Å². The Balaban J connectivity index is 1.33. The molecule has 2 aromatic rings. The summed E-state index contributed by atoms with van der Waals surface area (Å²) in [6, 6.07) is 17.9. The van der Waals surface area contributed by atoms with Crippen LogP contribution in [-0.4, -0.2) is 38.6 Å². The maximum atomic E-state index is 5.96. The Hall–Kier alpha value is -2.04. The van der Waals surface area contributed by atoms with E-state index in [2.05, 4.69) is 62.4 Å². The van der Waals surface area contributed by atoms with Gasteiger partial charge in [-0.25, -0.2) is 0 Å². The van der Waals surface area contributed by atoms with Crippen LogP contribution in [0.5, 0.6) is 11.5 Å². The molecule has 0 bridgehead atoms. The van der Waals surface area contributed by atoms with Crippen molar-refractivity contribution in [2.24, 2.45) is 23.7 Å². The molecular formula is C30H38O4. The van der Waals surface area contributed by atoms with E-state index in [0.29, 0.717) is 25.0 Å². The highest BCUT2D eigenvalue weighted by molar-refractivity contribution is 5.45. The van der Waals surface area contributed by atoms with Crippen molar-refractivity contribution in [3.8, 4) is 11.5 Å². The molecule has 0 aromatic heterocycles. The molecular weight excluding hydrogens is 424 g/mol. The highest BCUT2D eigenvalue weighted by Gasteiger charge is 2.51. The Morgan fingerprint density at radius 3 is 1.68 bits per heavy atom. The van der Waals surface area contributed by atoms with Gasteiger partial charge in [0.2, 0.25) is 0 Å². The lowest BCUT2D eigenvalue weighted by Crippen LogP contribution is -2.50. The van der Waals surface area contributed by atoms with Crippen LogP contribution in [0.2, 0.25) is 0 Å². The van der Waals surface area contributed by atoms with Crippen molar-refractivity contribution >= 4 is 0 Å². The molecule has 6 rings (SSSR count). The minimum absolute atomic E-state index is 0.00813. The maximum absolute atomic E-state index is 5.96. The first-order valence-electron chi connectivity index (χ1n) is 13.3. The van der Waals surface area contributed by atoms with E-state index >= 15 is 0 Å². The predicted molar refractivity (Wildman–Crippen MR) is 133 cm³/mol. The van der Waals surface area contributed by atoms with Gasteiger partial charge in [0.1, 0.15) is 36.9 Å². The minimum atomic E-state index is 0.00813. The molecule has 0 amide bonds. The maximum Gasteiger partial charge on any atom is 0.119 e. The lowest BCUT2D eigenvalue weighted by molar-refractivity contribution is 0.0178. The number of rotatable bonds is 8. The molecule has 4 heteroatoms. The second kappa shape index (κ2) is 9.20. The minimum Gasteiger partial charge on any atom is -0.491 e. The van der Waals surface area contributed by atoms with Gasteiger partial charge in [-0.2, -0.15) is 0 Å². The number of fused-ring (bicyclic) bond motifs is 1. The van der Waals surface area contributed by atoms with Gasteiger partial charge in [-0.3, -0.25) is 0 Å². The predicted octanol–water partition coefficient (Wildman–Crippen LogP) is 6.01. The normalized spacial score (nSPS) is 36.4. The zero-order chi connectivity index (χ0) is 23.1. The summed E-state index contributed by atoms with van der Waals surface area (Å²) in [7, 11) is 0. The van der Waals surface area contributed by atoms with Crippen molar-refractivity contribution in [2.45, 2.75) is 63.6 Å². The van der Waals surface area contributed by atoms with E-state index in [-0.39, 0.29) is 17.6 Å².